The minimum absolute atomic E-state index is 0.135. The van der Waals surface area contributed by atoms with Gasteiger partial charge in [-0.15, -0.1) is 0 Å². The van der Waals surface area contributed by atoms with Crippen LogP contribution in [0.3, 0.4) is 0 Å². The monoisotopic (exact) mass is 336 g/mol. The van der Waals surface area contributed by atoms with Crippen LogP contribution in [0.25, 0.3) is 0 Å². The van der Waals surface area contributed by atoms with Gasteiger partial charge < -0.3 is 14.2 Å². The van der Waals surface area contributed by atoms with Crippen LogP contribution in [-0.4, -0.2) is 18.3 Å². The predicted octanol–water partition coefficient (Wildman–Crippen LogP) is 5.84. The fourth-order valence-electron chi connectivity index (χ4n) is 2.48. The zero-order valence-electron chi connectivity index (χ0n) is 16.8. The van der Waals surface area contributed by atoms with Crippen molar-refractivity contribution in [2.24, 2.45) is 0 Å². The minimum Gasteiger partial charge on any atom is -0.491 e. The quantitative estimate of drug-likeness (QED) is 0.537. The molecule has 0 amide bonds. The summed E-state index contributed by atoms with van der Waals surface area (Å²) >= 11 is 0. The van der Waals surface area contributed by atoms with Gasteiger partial charge in [0.25, 0.3) is 0 Å². The molecular formula is C21H36O3. The molecule has 3 heteroatoms. The number of rotatable bonds is 10. The lowest BCUT2D eigenvalue weighted by Gasteiger charge is -2.22. The van der Waals surface area contributed by atoms with Gasteiger partial charge in [-0.3, -0.25) is 0 Å². The van der Waals surface area contributed by atoms with Gasteiger partial charge in [-0.05, 0) is 77.1 Å². The molecule has 0 aliphatic heterocycles. The number of benzene rings is 1. The lowest BCUT2D eigenvalue weighted by molar-refractivity contribution is 0.0614. The third-order valence-electron chi connectivity index (χ3n) is 3.97. The van der Waals surface area contributed by atoms with Crippen LogP contribution >= 0.6 is 0 Å². The topological polar surface area (TPSA) is 27.7 Å². The molecule has 0 saturated heterocycles. The highest BCUT2D eigenvalue weighted by atomic mass is 16.5. The Morgan fingerprint density at radius 2 is 1.29 bits per heavy atom. The first-order chi connectivity index (χ1) is 11.2. The van der Waals surface area contributed by atoms with E-state index in [1.54, 1.807) is 0 Å². The van der Waals surface area contributed by atoms with Gasteiger partial charge in [-0.2, -0.15) is 0 Å². The van der Waals surface area contributed by atoms with Crippen molar-refractivity contribution in [1.82, 2.24) is 0 Å². The Bertz CT molecular complexity index is 492. The highest BCUT2D eigenvalue weighted by Gasteiger charge is 2.17. The molecule has 1 aromatic rings. The van der Waals surface area contributed by atoms with Crippen LogP contribution in [0, 0.1) is 0 Å². The molecule has 24 heavy (non-hydrogen) atoms. The highest BCUT2D eigenvalue weighted by molar-refractivity contribution is 5.44. The van der Waals surface area contributed by atoms with Crippen LogP contribution in [0.5, 0.6) is 5.75 Å². The van der Waals surface area contributed by atoms with Crippen LogP contribution in [0.1, 0.15) is 84.4 Å². The molecule has 0 bridgehead atoms. The Balaban J connectivity index is 3.23. The first kappa shape index (κ1) is 21.0. The van der Waals surface area contributed by atoms with Gasteiger partial charge in [0.15, 0.2) is 0 Å². The van der Waals surface area contributed by atoms with Crippen molar-refractivity contribution in [3.63, 3.8) is 0 Å². The Kier molecular flexibility index (Phi) is 8.79. The molecule has 1 rings (SSSR count). The van der Waals surface area contributed by atoms with E-state index in [2.05, 4.69) is 67.5 Å². The van der Waals surface area contributed by atoms with Crippen molar-refractivity contribution in [1.29, 1.82) is 0 Å². The van der Waals surface area contributed by atoms with Crippen LogP contribution in [0.2, 0.25) is 0 Å². The van der Waals surface area contributed by atoms with E-state index in [1.807, 2.05) is 0 Å². The van der Waals surface area contributed by atoms with Crippen LogP contribution < -0.4 is 4.74 Å². The molecule has 0 heterocycles. The summed E-state index contributed by atoms with van der Waals surface area (Å²) in [6.07, 6.45) is 1.65. The zero-order chi connectivity index (χ0) is 18.3. The SMILES string of the molecule is CCC(C)c1cc(COC(C)C)c(OC(C)C)cc1COC(C)C. The standard InChI is InChI=1S/C21H36O3/c1-9-17(8)20-10-19(13-23-15(4)5)21(24-16(6)7)11-18(20)12-22-14(2)3/h10-11,14-17H,9,12-13H2,1-8H3. The van der Waals surface area contributed by atoms with Crippen LogP contribution in [0.15, 0.2) is 12.1 Å². The molecule has 0 saturated carbocycles. The average molecular weight is 337 g/mol. The van der Waals surface area contributed by atoms with E-state index in [0.29, 0.717) is 19.1 Å². The molecule has 0 fully saturated rings. The van der Waals surface area contributed by atoms with Gasteiger partial charge in [0.1, 0.15) is 5.75 Å². The summed E-state index contributed by atoms with van der Waals surface area (Å²) in [5, 5.41) is 0. The lowest BCUT2D eigenvalue weighted by atomic mass is 9.91. The van der Waals surface area contributed by atoms with Crippen molar-refractivity contribution in [3.05, 3.63) is 28.8 Å². The number of hydrogen-bond acceptors (Lipinski definition) is 3. The van der Waals surface area contributed by atoms with Crippen molar-refractivity contribution in [2.75, 3.05) is 0 Å². The second-order valence-electron chi connectivity index (χ2n) is 7.35. The Morgan fingerprint density at radius 1 is 0.750 bits per heavy atom. The molecule has 0 aliphatic rings. The molecule has 0 aliphatic carbocycles. The van der Waals surface area contributed by atoms with E-state index >= 15 is 0 Å². The molecule has 0 radical (unpaired) electrons. The smallest absolute Gasteiger partial charge is 0.125 e. The summed E-state index contributed by atoms with van der Waals surface area (Å²) in [5.41, 5.74) is 3.69. The summed E-state index contributed by atoms with van der Waals surface area (Å²) < 4.78 is 17.8. The second-order valence-corrected chi connectivity index (χ2v) is 7.35. The Morgan fingerprint density at radius 3 is 1.75 bits per heavy atom. The van der Waals surface area contributed by atoms with Gasteiger partial charge in [0.05, 0.1) is 31.5 Å². The number of hydrogen-bond donors (Lipinski definition) is 0. The van der Waals surface area contributed by atoms with Crippen molar-refractivity contribution < 1.29 is 14.2 Å². The predicted molar refractivity (Wildman–Crippen MR) is 101 cm³/mol. The van der Waals surface area contributed by atoms with E-state index in [1.165, 1.54) is 11.1 Å². The maximum Gasteiger partial charge on any atom is 0.125 e. The normalized spacial score (nSPS) is 13.1. The molecule has 1 unspecified atom stereocenters. The third-order valence-corrected chi connectivity index (χ3v) is 3.97. The second kappa shape index (κ2) is 10.0. The van der Waals surface area contributed by atoms with Gasteiger partial charge in [0.2, 0.25) is 0 Å². The molecule has 1 aromatic carbocycles. The minimum atomic E-state index is 0.135. The first-order valence-corrected chi connectivity index (χ1v) is 9.30. The van der Waals surface area contributed by atoms with Gasteiger partial charge in [0, 0.05) is 5.56 Å². The van der Waals surface area contributed by atoms with E-state index in [-0.39, 0.29) is 18.3 Å². The van der Waals surface area contributed by atoms with Crippen molar-refractivity contribution in [2.45, 2.75) is 99.3 Å². The largest absolute Gasteiger partial charge is 0.491 e. The summed E-state index contributed by atoms with van der Waals surface area (Å²) in [7, 11) is 0. The average Bonchev–Trinajstić information content (AvgIpc) is 2.50. The third kappa shape index (κ3) is 6.82. The van der Waals surface area contributed by atoms with Crippen molar-refractivity contribution >= 4 is 0 Å². The summed E-state index contributed by atoms with van der Waals surface area (Å²) in [6.45, 7) is 18.1. The summed E-state index contributed by atoms with van der Waals surface area (Å²) in [4.78, 5) is 0. The van der Waals surface area contributed by atoms with Gasteiger partial charge in [-0.1, -0.05) is 13.8 Å². The molecule has 3 nitrogen and oxygen atoms in total. The van der Waals surface area contributed by atoms with Gasteiger partial charge in [-0.25, -0.2) is 0 Å². The Hall–Kier alpha value is -1.06. The van der Waals surface area contributed by atoms with Crippen LogP contribution in [-0.2, 0) is 22.7 Å². The van der Waals surface area contributed by atoms with Gasteiger partial charge >= 0.3 is 0 Å². The maximum absolute atomic E-state index is 6.06. The summed E-state index contributed by atoms with van der Waals surface area (Å²) in [5.74, 6) is 1.40. The zero-order valence-corrected chi connectivity index (χ0v) is 16.8. The summed E-state index contributed by atoms with van der Waals surface area (Å²) in [6, 6.07) is 4.41. The van der Waals surface area contributed by atoms with E-state index in [4.69, 9.17) is 14.2 Å². The first-order valence-electron chi connectivity index (χ1n) is 9.30. The fourth-order valence-corrected chi connectivity index (χ4v) is 2.48. The molecule has 138 valence electrons. The molecular weight excluding hydrogens is 300 g/mol. The number of ether oxygens (including phenoxy) is 3. The van der Waals surface area contributed by atoms with E-state index < -0.39 is 0 Å². The van der Waals surface area contributed by atoms with Crippen molar-refractivity contribution in [3.8, 4) is 5.75 Å². The Labute approximate surface area is 148 Å². The molecule has 1 atom stereocenters. The highest BCUT2D eigenvalue weighted by Crippen LogP contribution is 2.32. The maximum atomic E-state index is 6.06. The van der Waals surface area contributed by atoms with E-state index in [9.17, 15) is 0 Å². The fraction of sp³-hybridized carbons (Fsp3) is 0.714. The molecule has 0 spiro atoms. The molecule has 0 aromatic heterocycles. The molecule has 0 N–H and O–H groups in total. The van der Waals surface area contributed by atoms with E-state index in [0.717, 1.165) is 17.7 Å². The lowest BCUT2D eigenvalue weighted by Crippen LogP contribution is -2.13. The van der Waals surface area contributed by atoms with Crippen LogP contribution in [0.4, 0.5) is 0 Å².